The zero-order chi connectivity index (χ0) is 9.42. The van der Waals surface area contributed by atoms with E-state index in [0.717, 1.165) is 12.8 Å². The van der Waals surface area contributed by atoms with E-state index in [9.17, 15) is 4.79 Å². The van der Waals surface area contributed by atoms with E-state index in [0.29, 0.717) is 22.1 Å². The fraction of sp³-hybridized carbons (Fsp3) is 0.500. The fourth-order valence-corrected chi connectivity index (χ4v) is 1.82. The molecule has 0 spiro atoms. The van der Waals surface area contributed by atoms with Crippen molar-refractivity contribution >= 4 is 18.0 Å². The molecule has 1 fully saturated rings. The molecule has 4 N–H and O–H groups in total. The Morgan fingerprint density at radius 3 is 2.54 bits per heavy atom. The number of nitrogen functional groups attached to an aromatic ring is 1. The lowest BCUT2D eigenvalue weighted by Crippen LogP contribution is -2.24. The standard InChI is InChI=1S/C8H11N3OS/c9-6-5(4-2-1-3-4)7(12)11-8(13)10-6/h4H,1-3H2,(H4,9,10,11,12,13). The summed E-state index contributed by atoms with van der Waals surface area (Å²) in [6.45, 7) is 0. The van der Waals surface area contributed by atoms with Crippen LogP contribution in [-0.2, 0) is 0 Å². The van der Waals surface area contributed by atoms with Gasteiger partial charge in [-0.25, -0.2) is 0 Å². The summed E-state index contributed by atoms with van der Waals surface area (Å²) in [7, 11) is 0. The average molecular weight is 197 g/mol. The lowest BCUT2D eigenvalue weighted by Gasteiger charge is -2.25. The molecule has 0 bridgehead atoms. The summed E-state index contributed by atoms with van der Waals surface area (Å²) in [4.78, 5) is 16.8. The molecule has 0 saturated heterocycles. The fourth-order valence-electron chi connectivity index (χ4n) is 1.62. The number of nitrogens with one attached hydrogen (secondary N) is 2. The number of rotatable bonds is 1. The quantitative estimate of drug-likeness (QED) is 0.594. The number of nitrogens with two attached hydrogens (primary N) is 1. The third kappa shape index (κ3) is 1.39. The second-order valence-electron chi connectivity index (χ2n) is 3.36. The number of aromatic amines is 2. The third-order valence-corrected chi connectivity index (χ3v) is 2.73. The molecular formula is C8H11N3OS. The van der Waals surface area contributed by atoms with Crippen LogP contribution in [0.3, 0.4) is 0 Å². The Morgan fingerprint density at radius 1 is 1.38 bits per heavy atom. The normalized spacial score (nSPS) is 16.9. The van der Waals surface area contributed by atoms with E-state index in [4.69, 9.17) is 18.0 Å². The van der Waals surface area contributed by atoms with Gasteiger partial charge < -0.3 is 10.7 Å². The highest BCUT2D eigenvalue weighted by atomic mass is 32.1. The van der Waals surface area contributed by atoms with Crippen molar-refractivity contribution in [2.75, 3.05) is 5.73 Å². The number of hydrogen-bond donors (Lipinski definition) is 3. The monoisotopic (exact) mass is 197 g/mol. The molecule has 1 aromatic heterocycles. The number of aromatic nitrogens is 2. The Hall–Kier alpha value is -1.10. The molecule has 0 aromatic carbocycles. The van der Waals surface area contributed by atoms with Gasteiger partial charge in [-0.15, -0.1) is 0 Å². The van der Waals surface area contributed by atoms with Crippen molar-refractivity contribution in [1.82, 2.24) is 9.97 Å². The van der Waals surface area contributed by atoms with Crippen molar-refractivity contribution in [2.45, 2.75) is 25.2 Å². The minimum Gasteiger partial charge on any atom is -0.385 e. The van der Waals surface area contributed by atoms with Crippen LogP contribution in [0, 0.1) is 4.77 Å². The summed E-state index contributed by atoms with van der Waals surface area (Å²) in [5.41, 5.74) is 6.24. The Balaban J connectivity index is 2.55. The molecule has 0 aliphatic heterocycles. The molecule has 1 saturated carbocycles. The van der Waals surface area contributed by atoms with E-state index in [1.54, 1.807) is 0 Å². The maximum Gasteiger partial charge on any atom is 0.257 e. The van der Waals surface area contributed by atoms with Crippen LogP contribution in [0.5, 0.6) is 0 Å². The minimum atomic E-state index is -0.133. The molecule has 1 aliphatic rings. The maximum absolute atomic E-state index is 11.5. The first-order valence-electron chi connectivity index (χ1n) is 4.30. The van der Waals surface area contributed by atoms with Gasteiger partial charge in [-0.1, -0.05) is 6.42 Å². The lowest BCUT2D eigenvalue weighted by molar-refractivity contribution is 0.416. The van der Waals surface area contributed by atoms with Crippen LogP contribution >= 0.6 is 12.2 Å². The van der Waals surface area contributed by atoms with Gasteiger partial charge in [-0.05, 0) is 31.0 Å². The van der Waals surface area contributed by atoms with Gasteiger partial charge in [0.2, 0.25) is 0 Å². The van der Waals surface area contributed by atoms with Crippen LogP contribution in [0.4, 0.5) is 5.82 Å². The highest BCUT2D eigenvalue weighted by Crippen LogP contribution is 2.36. The van der Waals surface area contributed by atoms with Gasteiger partial charge in [-0.2, -0.15) is 0 Å². The summed E-state index contributed by atoms with van der Waals surface area (Å²) in [5.74, 6) is 0.758. The molecule has 2 rings (SSSR count). The lowest BCUT2D eigenvalue weighted by atomic mass is 9.80. The van der Waals surface area contributed by atoms with Crippen molar-refractivity contribution in [2.24, 2.45) is 0 Å². The third-order valence-electron chi connectivity index (χ3n) is 2.52. The zero-order valence-corrected chi connectivity index (χ0v) is 7.91. The number of hydrogen-bond acceptors (Lipinski definition) is 3. The Bertz CT molecular complexity index is 430. The van der Waals surface area contributed by atoms with E-state index >= 15 is 0 Å². The largest absolute Gasteiger partial charge is 0.385 e. The molecule has 4 nitrogen and oxygen atoms in total. The molecule has 70 valence electrons. The molecule has 0 atom stereocenters. The van der Waals surface area contributed by atoms with Crippen LogP contribution in [-0.4, -0.2) is 9.97 Å². The van der Waals surface area contributed by atoms with Crippen LogP contribution in [0.1, 0.15) is 30.7 Å². The highest BCUT2D eigenvalue weighted by molar-refractivity contribution is 7.71. The molecule has 0 radical (unpaired) electrons. The van der Waals surface area contributed by atoms with Crippen molar-refractivity contribution in [3.05, 3.63) is 20.7 Å². The van der Waals surface area contributed by atoms with Gasteiger partial charge in [0.1, 0.15) is 5.82 Å². The van der Waals surface area contributed by atoms with Crippen molar-refractivity contribution in [3.63, 3.8) is 0 Å². The number of H-pyrrole nitrogens is 2. The van der Waals surface area contributed by atoms with Crippen LogP contribution < -0.4 is 11.3 Å². The van der Waals surface area contributed by atoms with E-state index in [1.165, 1.54) is 6.42 Å². The number of anilines is 1. The minimum absolute atomic E-state index is 0.133. The van der Waals surface area contributed by atoms with Crippen molar-refractivity contribution in [1.29, 1.82) is 0 Å². The summed E-state index contributed by atoms with van der Waals surface area (Å²) < 4.78 is 0.297. The van der Waals surface area contributed by atoms with Gasteiger partial charge in [0.15, 0.2) is 4.77 Å². The molecule has 1 aromatic rings. The smallest absolute Gasteiger partial charge is 0.257 e. The highest BCUT2D eigenvalue weighted by Gasteiger charge is 2.24. The summed E-state index contributed by atoms with van der Waals surface area (Å²) in [5, 5.41) is 0. The molecule has 5 heteroatoms. The predicted octanol–water partition coefficient (Wildman–Crippen LogP) is 1.28. The van der Waals surface area contributed by atoms with Crippen LogP contribution in [0.15, 0.2) is 4.79 Å². The summed E-state index contributed by atoms with van der Waals surface area (Å²) in [6.07, 6.45) is 3.29. The van der Waals surface area contributed by atoms with Gasteiger partial charge in [0, 0.05) is 0 Å². The topological polar surface area (TPSA) is 74.7 Å². The predicted molar refractivity (Wildman–Crippen MR) is 53.3 cm³/mol. The molecule has 0 amide bonds. The van der Waals surface area contributed by atoms with Gasteiger partial charge in [0.25, 0.3) is 5.56 Å². The molecule has 13 heavy (non-hydrogen) atoms. The SMILES string of the molecule is Nc1[nH]c(=S)[nH]c(=O)c1C1CCC1. The summed E-state index contributed by atoms with van der Waals surface area (Å²) >= 11 is 4.80. The first-order valence-corrected chi connectivity index (χ1v) is 4.71. The van der Waals surface area contributed by atoms with Crippen molar-refractivity contribution < 1.29 is 0 Å². The van der Waals surface area contributed by atoms with Gasteiger partial charge >= 0.3 is 0 Å². The Labute approximate surface area is 80.2 Å². The molecule has 1 aliphatic carbocycles. The van der Waals surface area contributed by atoms with Gasteiger partial charge in [-0.3, -0.25) is 9.78 Å². The molecule has 1 heterocycles. The first-order chi connectivity index (χ1) is 6.18. The second kappa shape index (κ2) is 2.99. The first kappa shape index (κ1) is 8.50. The zero-order valence-electron chi connectivity index (χ0n) is 7.09. The van der Waals surface area contributed by atoms with E-state index in [1.807, 2.05) is 0 Å². The molecular weight excluding hydrogens is 186 g/mol. The van der Waals surface area contributed by atoms with E-state index < -0.39 is 0 Å². The van der Waals surface area contributed by atoms with Crippen LogP contribution in [0.25, 0.3) is 0 Å². The van der Waals surface area contributed by atoms with E-state index in [-0.39, 0.29) is 5.56 Å². The summed E-state index contributed by atoms with van der Waals surface area (Å²) in [6, 6.07) is 0. The molecule has 0 unspecified atom stereocenters. The Kier molecular flexibility index (Phi) is 1.95. The second-order valence-corrected chi connectivity index (χ2v) is 3.77. The maximum atomic E-state index is 11.5. The van der Waals surface area contributed by atoms with Gasteiger partial charge in [0.05, 0.1) is 5.56 Å². The van der Waals surface area contributed by atoms with Crippen LogP contribution in [0.2, 0.25) is 0 Å². The van der Waals surface area contributed by atoms with Crippen molar-refractivity contribution in [3.8, 4) is 0 Å². The Morgan fingerprint density at radius 2 is 2.08 bits per heavy atom. The average Bonchev–Trinajstić information content (AvgIpc) is 1.92. The van der Waals surface area contributed by atoms with E-state index in [2.05, 4.69) is 9.97 Å².